The zero-order valence-electron chi connectivity index (χ0n) is 12.3. The van der Waals surface area contributed by atoms with Gasteiger partial charge in [0.05, 0.1) is 17.6 Å². The van der Waals surface area contributed by atoms with Gasteiger partial charge in [-0.05, 0) is 31.4 Å². The average molecular weight is 292 g/mol. The van der Waals surface area contributed by atoms with Gasteiger partial charge in [-0.1, -0.05) is 19.3 Å². The van der Waals surface area contributed by atoms with Gasteiger partial charge in [-0.2, -0.15) is 0 Å². The summed E-state index contributed by atoms with van der Waals surface area (Å²) >= 11 is 0. The smallest absolute Gasteiger partial charge is 0.312 e. The zero-order chi connectivity index (χ0) is 15.4. The van der Waals surface area contributed by atoms with Crippen LogP contribution in [-0.4, -0.2) is 24.0 Å². The van der Waals surface area contributed by atoms with E-state index >= 15 is 0 Å². The highest BCUT2D eigenvalue weighted by molar-refractivity contribution is 5.98. The Balaban J connectivity index is 2.28. The summed E-state index contributed by atoms with van der Waals surface area (Å²) < 4.78 is 5.10. The third-order valence-electron chi connectivity index (χ3n) is 3.80. The number of rotatable bonds is 4. The molecule has 1 aromatic carbocycles. The summed E-state index contributed by atoms with van der Waals surface area (Å²) in [6.45, 7) is 1.73. The highest BCUT2D eigenvalue weighted by Crippen LogP contribution is 2.32. The summed E-state index contributed by atoms with van der Waals surface area (Å²) in [6.07, 6.45) is 5.33. The summed E-state index contributed by atoms with van der Waals surface area (Å²) in [5.74, 6) is -0.274. The van der Waals surface area contributed by atoms with E-state index in [1.165, 1.54) is 19.6 Å². The molecule has 0 saturated heterocycles. The van der Waals surface area contributed by atoms with Crippen LogP contribution in [0.15, 0.2) is 12.1 Å². The van der Waals surface area contributed by atoms with E-state index < -0.39 is 4.92 Å². The number of benzene rings is 1. The predicted octanol–water partition coefficient (Wildman–Crippen LogP) is 2.97. The van der Waals surface area contributed by atoms with Crippen molar-refractivity contribution in [3.05, 3.63) is 33.4 Å². The van der Waals surface area contributed by atoms with Crippen molar-refractivity contribution in [3.8, 4) is 5.75 Å². The van der Waals surface area contributed by atoms with Crippen LogP contribution in [0.2, 0.25) is 0 Å². The standard InChI is InChI=1S/C15H20N2O4/c1-10-8-12(14(21-2)13(9-10)17(19)20)15(18)16-11-6-4-3-5-7-11/h8-9,11H,3-7H2,1-2H3,(H,16,18). The number of nitrogens with zero attached hydrogens (tertiary/aromatic N) is 1. The number of hydrogen-bond donors (Lipinski definition) is 1. The largest absolute Gasteiger partial charge is 0.490 e. The first kappa shape index (κ1) is 15.3. The Bertz CT molecular complexity index is 551. The van der Waals surface area contributed by atoms with Gasteiger partial charge in [0.15, 0.2) is 0 Å². The molecule has 21 heavy (non-hydrogen) atoms. The van der Waals surface area contributed by atoms with Crippen LogP contribution in [0.3, 0.4) is 0 Å². The highest BCUT2D eigenvalue weighted by atomic mass is 16.6. The maximum atomic E-state index is 12.4. The van der Waals surface area contributed by atoms with E-state index in [-0.39, 0.29) is 28.9 Å². The van der Waals surface area contributed by atoms with Crippen LogP contribution in [0.5, 0.6) is 5.75 Å². The fourth-order valence-corrected chi connectivity index (χ4v) is 2.78. The molecule has 1 fully saturated rings. The summed E-state index contributed by atoms with van der Waals surface area (Å²) in [5, 5.41) is 14.1. The number of methoxy groups -OCH3 is 1. The van der Waals surface area contributed by atoms with E-state index in [1.807, 2.05) is 0 Å². The fourth-order valence-electron chi connectivity index (χ4n) is 2.78. The lowest BCUT2D eigenvalue weighted by Gasteiger charge is -2.23. The Labute approximate surface area is 123 Å². The molecule has 1 N–H and O–H groups in total. The molecule has 6 nitrogen and oxygen atoms in total. The molecule has 0 aliphatic heterocycles. The van der Waals surface area contributed by atoms with Gasteiger partial charge in [-0.3, -0.25) is 14.9 Å². The van der Waals surface area contributed by atoms with E-state index in [1.54, 1.807) is 13.0 Å². The Morgan fingerprint density at radius 1 is 1.33 bits per heavy atom. The topological polar surface area (TPSA) is 81.5 Å². The second-order valence-electron chi connectivity index (χ2n) is 5.43. The number of nitro benzene ring substituents is 1. The van der Waals surface area contributed by atoms with Crippen LogP contribution in [0.4, 0.5) is 5.69 Å². The first-order valence-corrected chi connectivity index (χ1v) is 7.17. The summed E-state index contributed by atoms with van der Waals surface area (Å²) in [7, 11) is 1.34. The second kappa shape index (κ2) is 6.56. The molecule has 2 rings (SSSR count). The van der Waals surface area contributed by atoms with E-state index in [2.05, 4.69) is 5.32 Å². The molecule has 0 heterocycles. The SMILES string of the molecule is COc1c(C(=O)NC2CCCCC2)cc(C)cc1[N+](=O)[O-]. The predicted molar refractivity (Wildman–Crippen MR) is 78.7 cm³/mol. The summed E-state index contributed by atoms with van der Waals surface area (Å²) in [5.41, 5.74) is 0.720. The Morgan fingerprint density at radius 2 is 2.00 bits per heavy atom. The highest BCUT2D eigenvalue weighted by Gasteiger charge is 2.25. The van der Waals surface area contributed by atoms with Crippen molar-refractivity contribution < 1.29 is 14.5 Å². The lowest BCUT2D eigenvalue weighted by Crippen LogP contribution is -2.36. The lowest BCUT2D eigenvalue weighted by molar-refractivity contribution is -0.385. The monoisotopic (exact) mass is 292 g/mol. The molecule has 1 amide bonds. The third kappa shape index (κ3) is 3.51. The minimum Gasteiger partial charge on any atom is -0.490 e. The first-order chi connectivity index (χ1) is 10.0. The molecule has 114 valence electrons. The quantitative estimate of drug-likeness (QED) is 0.683. The van der Waals surface area contributed by atoms with Crippen LogP contribution in [0.25, 0.3) is 0 Å². The minimum atomic E-state index is -0.525. The number of carbonyl (C=O) groups is 1. The number of amides is 1. The molecule has 0 unspecified atom stereocenters. The van der Waals surface area contributed by atoms with E-state index in [0.29, 0.717) is 5.56 Å². The van der Waals surface area contributed by atoms with Gasteiger partial charge < -0.3 is 10.1 Å². The van der Waals surface area contributed by atoms with Crippen LogP contribution in [-0.2, 0) is 0 Å². The number of hydrogen-bond acceptors (Lipinski definition) is 4. The number of carbonyl (C=O) groups excluding carboxylic acids is 1. The molecule has 1 saturated carbocycles. The lowest BCUT2D eigenvalue weighted by atomic mass is 9.95. The van der Waals surface area contributed by atoms with E-state index in [4.69, 9.17) is 4.74 Å². The molecular weight excluding hydrogens is 272 g/mol. The molecule has 6 heteroatoms. The first-order valence-electron chi connectivity index (χ1n) is 7.17. The van der Waals surface area contributed by atoms with Crippen LogP contribution >= 0.6 is 0 Å². The van der Waals surface area contributed by atoms with Crippen molar-refractivity contribution >= 4 is 11.6 Å². The van der Waals surface area contributed by atoms with Gasteiger partial charge in [-0.15, -0.1) is 0 Å². The van der Waals surface area contributed by atoms with Crippen molar-refractivity contribution in [2.75, 3.05) is 7.11 Å². The Morgan fingerprint density at radius 3 is 2.57 bits per heavy atom. The molecule has 1 aromatic rings. The molecule has 0 atom stereocenters. The van der Waals surface area contributed by atoms with Crippen molar-refractivity contribution in [2.45, 2.75) is 45.1 Å². The van der Waals surface area contributed by atoms with Crippen molar-refractivity contribution in [3.63, 3.8) is 0 Å². The van der Waals surface area contributed by atoms with Gasteiger partial charge in [0, 0.05) is 12.1 Å². The molecule has 1 aliphatic rings. The minimum absolute atomic E-state index is 0.0268. The number of ether oxygens (including phenoxy) is 1. The maximum Gasteiger partial charge on any atom is 0.312 e. The van der Waals surface area contributed by atoms with Crippen LogP contribution < -0.4 is 10.1 Å². The van der Waals surface area contributed by atoms with Crippen molar-refractivity contribution in [1.29, 1.82) is 0 Å². The van der Waals surface area contributed by atoms with Crippen molar-refractivity contribution in [2.24, 2.45) is 0 Å². The normalized spacial score (nSPS) is 15.5. The number of nitro groups is 1. The van der Waals surface area contributed by atoms with E-state index in [0.717, 1.165) is 25.7 Å². The average Bonchev–Trinajstić information content (AvgIpc) is 2.47. The van der Waals surface area contributed by atoms with E-state index in [9.17, 15) is 14.9 Å². The third-order valence-corrected chi connectivity index (χ3v) is 3.80. The second-order valence-corrected chi connectivity index (χ2v) is 5.43. The van der Waals surface area contributed by atoms with Crippen LogP contribution in [0, 0.1) is 17.0 Å². The zero-order valence-corrected chi connectivity index (χ0v) is 12.3. The molecular formula is C15H20N2O4. The molecule has 0 radical (unpaired) electrons. The van der Waals surface area contributed by atoms with Gasteiger partial charge in [0.25, 0.3) is 5.91 Å². The molecule has 0 aromatic heterocycles. The summed E-state index contributed by atoms with van der Waals surface area (Å²) in [6, 6.07) is 3.19. The Hall–Kier alpha value is -2.11. The molecule has 0 bridgehead atoms. The van der Waals surface area contributed by atoms with Crippen LogP contribution in [0.1, 0.15) is 48.0 Å². The van der Waals surface area contributed by atoms with Gasteiger partial charge in [0.1, 0.15) is 0 Å². The maximum absolute atomic E-state index is 12.4. The van der Waals surface area contributed by atoms with Gasteiger partial charge >= 0.3 is 5.69 Å². The van der Waals surface area contributed by atoms with Crippen molar-refractivity contribution in [1.82, 2.24) is 5.32 Å². The van der Waals surface area contributed by atoms with Gasteiger partial charge in [-0.25, -0.2) is 0 Å². The molecule has 0 spiro atoms. The fraction of sp³-hybridized carbons (Fsp3) is 0.533. The van der Waals surface area contributed by atoms with Gasteiger partial charge in [0.2, 0.25) is 5.75 Å². The Kier molecular flexibility index (Phi) is 4.77. The number of nitrogens with one attached hydrogen (secondary N) is 1. The number of aryl methyl sites for hydroxylation is 1. The molecule has 1 aliphatic carbocycles. The summed E-state index contributed by atoms with van der Waals surface area (Å²) in [4.78, 5) is 23.0.